The van der Waals surface area contributed by atoms with Gasteiger partial charge in [-0.05, 0) is 86.9 Å². The molecule has 0 aromatic heterocycles. The van der Waals surface area contributed by atoms with Gasteiger partial charge in [0.05, 0.1) is 19.2 Å². The molecule has 2 bridgehead atoms. The van der Waals surface area contributed by atoms with Crippen LogP contribution in [-0.4, -0.2) is 93.5 Å². The van der Waals surface area contributed by atoms with Gasteiger partial charge in [0.15, 0.2) is 11.8 Å². The number of carbonyl (C=O) groups is 4. The van der Waals surface area contributed by atoms with Gasteiger partial charge in [-0.3, -0.25) is 24.0 Å². The van der Waals surface area contributed by atoms with Crippen LogP contribution in [0, 0.1) is 5.41 Å². The molecule has 67 heavy (non-hydrogen) atoms. The highest BCUT2D eigenvalue weighted by atomic mass is 16.8. The van der Waals surface area contributed by atoms with E-state index in [-0.39, 0.29) is 44.7 Å². The normalized spacial score (nSPS) is 24.5. The van der Waals surface area contributed by atoms with Gasteiger partial charge in [-0.15, -0.1) is 0 Å². The molecule has 362 valence electrons. The highest BCUT2D eigenvalue weighted by molar-refractivity contribution is 5.95. The van der Waals surface area contributed by atoms with Crippen molar-refractivity contribution in [1.82, 2.24) is 15.7 Å². The quantitative estimate of drug-likeness (QED) is 0.0573. The molecule has 7 rings (SSSR count). The zero-order valence-corrected chi connectivity index (χ0v) is 39.7. The van der Waals surface area contributed by atoms with Gasteiger partial charge in [-0.1, -0.05) is 106 Å². The summed E-state index contributed by atoms with van der Waals surface area (Å²) in [6, 6.07) is 20.0. The van der Waals surface area contributed by atoms with Crippen LogP contribution in [0.15, 0.2) is 78.9 Å². The third-order valence-corrected chi connectivity index (χ3v) is 13.3. The second-order valence-electron chi connectivity index (χ2n) is 19.5. The van der Waals surface area contributed by atoms with Gasteiger partial charge in [-0.2, -0.15) is 5.06 Å². The van der Waals surface area contributed by atoms with Gasteiger partial charge in [0, 0.05) is 37.8 Å². The Kier molecular flexibility index (Phi) is 16.3. The summed E-state index contributed by atoms with van der Waals surface area (Å²) in [6.45, 7) is 9.47. The Morgan fingerprint density at radius 3 is 2.33 bits per heavy atom. The van der Waals surface area contributed by atoms with Crippen LogP contribution < -0.4 is 10.6 Å². The molecular weight excluding hydrogens is 855 g/mol. The number of benzene rings is 3. The molecule has 3 saturated heterocycles. The molecule has 4 fully saturated rings. The number of para-hydroxylation sites is 1. The van der Waals surface area contributed by atoms with E-state index in [0.29, 0.717) is 30.4 Å². The minimum Gasteiger partial charge on any atom is -0.508 e. The number of unbranched alkanes of at least 4 members (excludes halogenated alkanes) is 4. The van der Waals surface area contributed by atoms with Crippen molar-refractivity contribution in [2.75, 3.05) is 6.61 Å². The number of aromatic hydroxyl groups is 1. The molecule has 3 aliphatic heterocycles. The molecule has 4 aliphatic rings. The molecule has 1 saturated carbocycles. The van der Waals surface area contributed by atoms with Gasteiger partial charge in [0.25, 0.3) is 5.91 Å². The summed E-state index contributed by atoms with van der Waals surface area (Å²) in [4.78, 5) is 62.3. The van der Waals surface area contributed by atoms with Crippen molar-refractivity contribution in [3.63, 3.8) is 0 Å². The first-order valence-corrected chi connectivity index (χ1v) is 24.2. The van der Waals surface area contributed by atoms with E-state index in [1.807, 2.05) is 48.6 Å². The van der Waals surface area contributed by atoms with E-state index in [1.165, 1.54) is 0 Å². The van der Waals surface area contributed by atoms with Crippen LogP contribution in [0.4, 0.5) is 0 Å². The molecule has 4 N–H and O–H groups in total. The highest BCUT2D eigenvalue weighted by Gasteiger charge is 2.76. The van der Waals surface area contributed by atoms with E-state index in [4.69, 9.17) is 23.8 Å². The second-order valence-corrected chi connectivity index (χ2v) is 19.5. The molecule has 2 unspecified atom stereocenters. The number of esters is 2. The lowest BCUT2D eigenvalue weighted by atomic mass is 9.62. The Bertz CT molecular complexity index is 2230. The number of allylic oxidation sites excluding steroid dienone is 1. The number of hydroxylamine groups is 2. The van der Waals surface area contributed by atoms with Gasteiger partial charge in [0.2, 0.25) is 5.91 Å². The topological polar surface area (TPSA) is 182 Å². The molecule has 3 aromatic rings. The average molecular weight is 924 g/mol. The monoisotopic (exact) mass is 923 g/mol. The Morgan fingerprint density at radius 2 is 1.63 bits per heavy atom. The van der Waals surface area contributed by atoms with E-state index in [2.05, 4.69) is 24.5 Å². The van der Waals surface area contributed by atoms with Crippen molar-refractivity contribution in [2.24, 2.45) is 5.41 Å². The number of nitrogens with zero attached hydrogens (tertiary/aromatic N) is 1. The van der Waals surface area contributed by atoms with Gasteiger partial charge in [-0.25, -0.2) is 0 Å². The summed E-state index contributed by atoms with van der Waals surface area (Å²) in [5.74, 6) is -2.51. The van der Waals surface area contributed by atoms with Gasteiger partial charge >= 0.3 is 11.9 Å². The summed E-state index contributed by atoms with van der Waals surface area (Å²) in [5.41, 5.74) is 1.42. The highest BCUT2D eigenvalue weighted by Crippen LogP contribution is 2.58. The fraction of sp³-hybridized carbons (Fsp3) is 0.547. The van der Waals surface area contributed by atoms with Gasteiger partial charge < -0.3 is 39.8 Å². The summed E-state index contributed by atoms with van der Waals surface area (Å²) < 4.78 is 25.7. The van der Waals surface area contributed by atoms with Crippen molar-refractivity contribution < 1.29 is 53.2 Å². The van der Waals surface area contributed by atoms with E-state index < -0.39 is 77.1 Å². The summed E-state index contributed by atoms with van der Waals surface area (Å²) in [5, 5.41) is 27.9. The number of rotatable bonds is 22. The zero-order valence-electron chi connectivity index (χ0n) is 39.7. The molecule has 0 spiro atoms. The molecule has 14 heteroatoms. The number of aliphatic hydroxyl groups excluding tert-OH is 1. The lowest BCUT2D eigenvalue weighted by Gasteiger charge is -2.48. The number of hydrogen-bond donors (Lipinski definition) is 4. The Hall–Kier alpha value is -5.12. The number of aliphatic hydroxyl groups is 1. The minimum absolute atomic E-state index is 0.0238. The predicted molar refractivity (Wildman–Crippen MR) is 251 cm³/mol. The summed E-state index contributed by atoms with van der Waals surface area (Å²) in [6.07, 6.45) is 9.10. The summed E-state index contributed by atoms with van der Waals surface area (Å²) in [7, 11) is 0. The van der Waals surface area contributed by atoms with E-state index in [9.17, 15) is 24.6 Å². The molecule has 1 aliphatic carbocycles. The maximum Gasteiger partial charge on any atom is 0.327 e. The molecule has 14 nitrogen and oxygen atoms in total. The Labute approximate surface area is 394 Å². The Morgan fingerprint density at radius 1 is 0.925 bits per heavy atom. The lowest BCUT2D eigenvalue weighted by Crippen LogP contribution is -2.69. The van der Waals surface area contributed by atoms with Crippen LogP contribution in [-0.2, 0) is 57.7 Å². The van der Waals surface area contributed by atoms with Crippen LogP contribution >= 0.6 is 0 Å². The van der Waals surface area contributed by atoms with Crippen LogP contribution in [0.3, 0.4) is 0 Å². The van der Waals surface area contributed by atoms with Gasteiger partial charge in [0.1, 0.15) is 41.2 Å². The van der Waals surface area contributed by atoms with Crippen molar-refractivity contribution >= 4 is 29.8 Å². The lowest BCUT2D eigenvalue weighted by molar-refractivity contribution is -0.224. The molecule has 2 amide bonds. The molecular formula is C53H69N3O11. The number of nitrogens with one attached hydrogen (secondary N) is 2. The van der Waals surface area contributed by atoms with Crippen molar-refractivity contribution in [1.29, 1.82) is 0 Å². The zero-order chi connectivity index (χ0) is 47.8. The van der Waals surface area contributed by atoms with E-state index in [1.54, 1.807) is 62.2 Å². The second kappa shape index (κ2) is 21.9. The molecule has 3 aromatic carbocycles. The van der Waals surface area contributed by atoms with E-state index in [0.717, 1.165) is 55.2 Å². The van der Waals surface area contributed by atoms with E-state index >= 15 is 4.79 Å². The molecule has 7 atom stereocenters. The minimum atomic E-state index is -1.42. The first-order chi connectivity index (χ1) is 32.2. The fourth-order valence-corrected chi connectivity index (χ4v) is 10.0. The third-order valence-electron chi connectivity index (χ3n) is 13.3. The number of ether oxygens (including phenoxy) is 4. The average Bonchev–Trinajstić information content (AvgIpc) is 3.86. The van der Waals surface area contributed by atoms with Crippen LogP contribution in [0.2, 0.25) is 0 Å². The number of phenolic OH excluding ortho intramolecular Hbond substituents is 1. The van der Waals surface area contributed by atoms with Crippen molar-refractivity contribution in [3.05, 3.63) is 107 Å². The number of amides is 2. The first-order valence-electron chi connectivity index (χ1n) is 24.2. The maximum absolute atomic E-state index is 15.2. The molecule has 0 radical (unpaired) electrons. The largest absolute Gasteiger partial charge is 0.508 e. The maximum atomic E-state index is 15.2. The fourth-order valence-electron chi connectivity index (χ4n) is 10.0. The number of carbonyl (C=O) groups excluding carboxylic acids is 4. The van der Waals surface area contributed by atoms with Crippen LogP contribution in [0.25, 0.3) is 6.08 Å². The Balaban J connectivity index is 1.14. The summed E-state index contributed by atoms with van der Waals surface area (Å²) >= 11 is 0. The SMILES string of the molecule is CCCCCC1(CCCCC)O[C@@H]2[C@H]3ON(Cc4ccccc4C=CCc4ccccc4O)[C@H]4C(=O)OC(CC34C(=O)NCc3cccc(C(=O)N[C@H](CO)CCC(=O)OC(C)(C)C)c3)[C@@H]2O1. The first kappa shape index (κ1) is 49.8. The molecule has 3 heterocycles. The van der Waals surface area contributed by atoms with Crippen molar-refractivity contribution in [3.8, 4) is 5.75 Å². The van der Waals surface area contributed by atoms with Crippen molar-refractivity contribution in [2.45, 2.75) is 173 Å². The van der Waals surface area contributed by atoms with Crippen LogP contribution in [0.1, 0.15) is 138 Å². The number of phenols is 1. The number of fused-ring (bicyclic) bond motifs is 4. The standard InChI is InChI=1S/C53H69N3O11/c1-6-8-14-28-52(29-15-9-7-2)65-44-42-31-53(50(62)54-32-35-18-16-24-38(30-35)48(60)55-40(34-57)26-27-43(59)64-51(3,4)5)46(49(61)63-42)56(67-47(53)45(44)66-52)33-39-21-11-10-19-36(39)22-17-23-37-20-12-13-25-41(37)58/h10-13,16-22,24-25,30,40,42,44-47,57-58H,6-9,14-15,23,26-29,31-34H2,1-5H3,(H,54,62)(H,55,60)/t40-,42?,44-,45-,46-,47+,53?/m0/s1. The van der Waals surface area contributed by atoms with Crippen LogP contribution in [0.5, 0.6) is 5.75 Å². The number of hydrogen-bond acceptors (Lipinski definition) is 12. The predicted octanol–water partition coefficient (Wildman–Crippen LogP) is 7.62. The smallest absolute Gasteiger partial charge is 0.327 e. The third kappa shape index (κ3) is 11.6.